The van der Waals surface area contributed by atoms with Crippen LogP contribution in [0.3, 0.4) is 0 Å². The summed E-state index contributed by atoms with van der Waals surface area (Å²) in [6, 6.07) is 13.3. The van der Waals surface area contributed by atoms with Crippen molar-refractivity contribution in [1.29, 1.82) is 0 Å². The Kier molecular flexibility index (Phi) is 4.38. The van der Waals surface area contributed by atoms with Gasteiger partial charge in [0.2, 0.25) is 5.91 Å². The number of aromatic nitrogens is 1. The van der Waals surface area contributed by atoms with Crippen molar-refractivity contribution < 1.29 is 14.3 Å². The van der Waals surface area contributed by atoms with Gasteiger partial charge in [0.05, 0.1) is 30.5 Å². The number of benzene rings is 2. The second-order valence-corrected chi connectivity index (χ2v) is 7.10. The molecule has 3 aromatic rings. The van der Waals surface area contributed by atoms with Gasteiger partial charge in [0.15, 0.2) is 5.13 Å². The van der Waals surface area contributed by atoms with Gasteiger partial charge in [-0.25, -0.2) is 4.98 Å². The number of para-hydroxylation sites is 3. The van der Waals surface area contributed by atoms with E-state index in [1.54, 1.807) is 25.6 Å². The summed E-state index contributed by atoms with van der Waals surface area (Å²) in [5, 5.41) is 3.87. The van der Waals surface area contributed by atoms with Crippen molar-refractivity contribution in [3.05, 3.63) is 42.5 Å². The highest BCUT2D eigenvalue weighted by atomic mass is 32.1. The van der Waals surface area contributed by atoms with Crippen molar-refractivity contribution in [1.82, 2.24) is 4.98 Å². The summed E-state index contributed by atoms with van der Waals surface area (Å²) in [5.41, 5.74) is 1.57. The Bertz CT molecular complexity index is 950. The van der Waals surface area contributed by atoms with Crippen LogP contribution in [0.5, 0.6) is 11.5 Å². The lowest BCUT2D eigenvalue weighted by atomic mass is 10.00. The SMILES string of the molecule is COc1ccccc1NC(=O)C1CN(c2nc3c(OC)cccc3s2)C1. The Morgan fingerprint density at radius 3 is 2.62 bits per heavy atom. The van der Waals surface area contributed by atoms with E-state index in [2.05, 4.69) is 15.2 Å². The van der Waals surface area contributed by atoms with E-state index in [9.17, 15) is 4.79 Å². The standard InChI is InChI=1S/C19H19N3O3S/c1-24-14-7-4-3-6-13(14)20-18(23)12-10-22(11-12)19-21-17-15(25-2)8-5-9-16(17)26-19/h3-9,12H,10-11H2,1-2H3,(H,20,23). The zero-order chi connectivity index (χ0) is 18.1. The average Bonchev–Trinajstić information content (AvgIpc) is 3.04. The minimum Gasteiger partial charge on any atom is -0.495 e. The van der Waals surface area contributed by atoms with Gasteiger partial charge in [0.25, 0.3) is 0 Å². The second-order valence-electron chi connectivity index (χ2n) is 6.09. The predicted molar refractivity (Wildman–Crippen MR) is 103 cm³/mol. The lowest BCUT2D eigenvalue weighted by Gasteiger charge is -2.38. The van der Waals surface area contributed by atoms with Crippen LogP contribution in [0.15, 0.2) is 42.5 Å². The monoisotopic (exact) mass is 369 g/mol. The Morgan fingerprint density at radius 1 is 1.12 bits per heavy atom. The first-order valence-corrected chi connectivity index (χ1v) is 9.13. The highest BCUT2D eigenvalue weighted by Crippen LogP contribution is 2.37. The Labute approximate surface area is 155 Å². The molecule has 0 aliphatic carbocycles. The molecule has 1 aliphatic rings. The van der Waals surface area contributed by atoms with Gasteiger partial charge in [0, 0.05) is 13.1 Å². The average molecular weight is 369 g/mol. The van der Waals surface area contributed by atoms with Crippen LogP contribution < -0.4 is 19.7 Å². The summed E-state index contributed by atoms with van der Waals surface area (Å²) >= 11 is 1.62. The maximum absolute atomic E-state index is 12.5. The van der Waals surface area contributed by atoms with Crippen LogP contribution in [0, 0.1) is 5.92 Å². The van der Waals surface area contributed by atoms with Crippen LogP contribution in [-0.4, -0.2) is 38.2 Å². The number of carbonyl (C=O) groups is 1. The molecule has 1 amide bonds. The lowest BCUT2D eigenvalue weighted by molar-refractivity contribution is -0.120. The summed E-state index contributed by atoms with van der Waals surface area (Å²) in [4.78, 5) is 19.3. The summed E-state index contributed by atoms with van der Waals surface area (Å²) < 4.78 is 11.7. The van der Waals surface area contributed by atoms with Crippen molar-refractivity contribution in [2.45, 2.75) is 0 Å². The predicted octanol–water partition coefficient (Wildman–Crippen LogP) is 3.39. The van der Waals surface area contributed by atoms with Crippen LogP contribution in [0.2, 0.25) is 0 Å². The first kappa shape index (κ1) is 16.7. The molecule has 1 fully saturated rings. The van der Waals surface area contributed by atoms with E-state index in [1.165, 1.54) is 0 Å². The van der Waals surface area contributed by atoms with Gasteiger partial charge in [-0.2, -0.15) is 0 Å². The number of amides is 1. The zero-order valence-electron chi connectivity index (χ0n) is 14.6. The van der Waals surface area contributed by atoms with E-state index in [0.29, 0.717) is 24.5 Å². The van der Waals surface area contributed by atoms with Gasteiger partial charge < -0.3 is 19.7 Å². The molecule has 1 aliphatic heterocycles. The largest absolute Gasteiger partial charge is 0.495 e. The number of nitrogens with one attached hydrogen (secondary N) is 1. The number of methoxy groups -OCH3 is 2. The third-order valence-corrected chi connectivity index (χ3v) is 5.56. The third-order valence-electron chi connectivity index (χ3n) is 4.48. The Hall–Kier alpha value is -2.80. The maximum Gasteiger partial charge on any atom is 0.231 e. The van der Waals surface area contributed by atoms with Crippen molar-refractivity contribution in [3.8, 4) is 11.5 Å². The highest BCUT2D eigenvalue weighted by molar-refractivity contribution is 7.22. The second kappa shape index (κ2) is 6.84. The Morgan fingerprint density at radius 2 is 1.85 bits per heavy atom. The molecule has 0 saturated carbocycles. The molecule has 2 heterocycles. The minimum absolute atomic E-state index is 0.00411. The molecular weight excluding hydrogens is 350 g/mol. The van der Waals surface area contributed by atoms with Gasteiger partial charge in [-0.1, -0.05) is 29.5 Å². The molecule has 1 N–H and O–H groups in total. The smallest absolute Gasteiger partial charge is 0.231 e. The molecule has 2 aromatic carbocycles. The molecular formula is C19H19N3O3S. The van der Waals surface area contributed by atoms with Crippen LogP contribution >= 0.6 is 11.3 Å². The molecule has 134 valence electrons. The summed E-state index contributed by atoms with van der Waals surface area (Å²) in [7, 11) is 3.24. The molecule has 26 heavy (non-hydrogen) atoms. The molecule has 1 aromatic heterocycles. The van der Waals surface area contributed by atoms with Crippen molar-refractivity contribution in [2.75, 3.05) is 37.5 Å². The van der Waals surface area contributed by atoms with Crippen molar-refractivity contribution >= 4 is 38.3 Å². The quantitative estimate of drug-likeness (QED) is 0.747. The fraction of sp³-hybridized carbons (Fsp3) is 0.263. The van der Waals surface area contributed by atoms with E-state index in [4.69, 9.17) is 9.47 Å². The van der Waals surface area contributed by atoms with Gasteiger partial charge in [0.1, 0.15) is 17.0 Å². The molecule has 0 unspecified atom stereocenters. The van der Waals surface area contributed by atoms with Crippen LogP contribution in [0.25, 0.3) is 10.2 Å². The fourth-order valence-corrected chi connectivity index (χ4v) is 4.00. The molecule has 4 rings (SSSR count). The molecule has 0 bridgehead atoms. The molecule has 1 saturated heterocycles. The van der Waals surface area contributed by atoms with Gasteiger partial charge >= 0.3 is 0 Å². The Balaban J connectivity index is 1.43. The molecule has 7 heteroatoms. The van der Waals surface area contributed by atoms with Crippen molar-refractivity contribution in [2.24, 2.45) is 5.92 Å². The van der Waals surface area contributed by atoms with Crippen LogP contribution in [0.1, 0.15) is 0 Å². The van der Waals surface area contributed by atoms with E-state index >= 15 is 0 Å². The maximum atomic E-state index is 12.5. The summed E-state index contributed by atoms with van der Waals surface area (Å²) in [5.74, 6) is 1.38. The van der Waals surface area contributed by atoms with E-state index < -0.39 is 0 Å². The van der Waals surface area contributed by atoms with E-state index in [0.717, 1.165) is 21.1 Å². The summed E-state index contributed by atoms with van der Waals surface area (Å²) in [6.07, 6.45) is 0. The van der Waals surface area contributed by atoms with Gasteiger partial charge in [-0.05, 0) is 24.3 Å². The lowest BCUT2D eigenvalue weighted by Crippen LogP contribution is -2.52. The number of thiazole rings is 1. The van der Waals surface area contributed by atoms with Crippen LogP contribution in [-0.2, 0) is 4.79 Å². The number of nitrogens with zero attached hydrogens (tertiary/aromatic N) is 2. The third kappa shape index (κ3) is 2.94. The topological polar surface area (TPSA) is 63.7 Å². The molecule has 0 atom stereocenters. The van der Waals surface area contributed by atoms with E-state index in [1.807, 2.05) is 42.5 Å². The van der Waals surface area contributed by atoms with Gasteiger partial charge in [-0.3, -0.25) is 4.79 Å². The molecule has 6 nitrogen and oxygen atoms in total. The minimum atomic E-state index is -0.0613. The number of fused-ring (bicyclic) bond motifs is 1. The number of hydrogen-bond donors (Lipinski definition) is 1. The number of anilines is 2. The van der Waals surface area contributed by atoms with Crippen molar-refractivity contribution in [3.63, 3.8) is 0 Å². The number of carbonyl (C=O) groups excluding carboxylic acids is 1. The first-order valence-electron chi connectivity index (χ1n) is 8.32. The van der Waals surface area contributed by atoms with E-state index in [-0.39, 0.29) is 11.8 Å². The zero-order valence-corrected chi connectivity index (χ0v) is 15.4. The van der Waals surface area contributed by atoms with Gasteiger partial charge in [-0.15, -0.1) is 0 Å². The fourth-order valence-electron chi connectivity index (χ4n) is 2.99. The van der Waals surface area contributed by atoms with Crippen LogP contribution in [0.4, 0.5) is 10.8 Å². The molecule has 0 spiro atoms. The number of hydrogen-bond acceptors (Lipinski definition) is 6. The summed E-state index contributed by atoms with van der Waals surface area (Å²) in [6.45, 7) is 1.31. The normalized spacial score (nSPS) is 14.2. The molecule has 0 radical (unpaired) electrons. The first-order chi connectivity index (χ1) is 12.7. The number of rotatable bonds is 5. The highest BCUT2D eigenvalue weighted by Gasteiger charge is 2.34. The number of ether oxygens (including phenoxy) is 2.